The van der Waals surface area contributed by atoms with E-state index in [-0.39, 0.29) is 5.82 Å². The van der Waals surface area contributed by atoms with Gasteiger partial charge in [-0.1, -0.05) is 6.92 Å². The van der Waals surface area contributed by atoms with Crippen LogP contribution in [-0.4, -0.2) is 53.6 Å². The molecule has 0 N–H and O–H groups in total. The van der Waals surface area contributed by atoms with Gasteiger partial charge in [-0.25, -0.2) is 9.37 Å². The number of ether oxygens (including phenoxy) is 1. The highest BCUT2D eigenvalue weighted by molar-refractivity contribution is 5.57. The van der Waals surface area contributed by atoms with Crippen LogP contribution in [-0.2, 0) is 6.54 Å². The highest BCUT2D eigenvalue weighted by Gasteiger charge is 2.28. The zero-order valence-corrected chi connectivity index (χ0v) is 17.0. The van der Waals surface area contributed by atoms with Gasteiger partial charge in [0.2, 0.25) is 5.89 Å². The minimum absolute atomic E-state index is 0.312. The van der Waals surface area contributed by atoms with E-state index in [1.54, 1.807) is 19.2 Å². The lowest BCUT2D eigenvalue weighted by Gasteiger charge is -2.43. The summed E-state index contributed by atoms with van der Waals surface area (Å²) < 4.78 is 25.2. The Morgan fingerprint density at radius 1 is 1.33 bits per heavy atom. The number of rotatable bonds is 6. The molecule has 148 valence electrons. The maximum absolute atomic E-state index is 14.2. The zero-order valence-electron chi connectivity index (χ0n) is 17.0. The van der Waals surface area contributed by atoms with Crippen molar-refractivity contribution in [3.63, 3.8) is 0 Å². The summed E-state index contributed by atoms with van der Waals surface area (Å²) in [6.45, 7) is 12.5. The predicted octanol–water partition coefficient (Wildman–Crippen LogP) is 4.10. The van der Waals surface area contributed by atoms with Crippen LogP contribution in [0.4, 0.5) is 4.39 Å². The summed E-state index contributed by atoms with van der Waals surface area (Å²) in [5.41, 5.74) is 1.21. The Kier molecular flexibility index (Phi) is 6.17. The van der Waals surface area contributed by atoms with E-state index in [2.05, 4.69) is 35.6 Å². The van der Waals surface area contributed by atoms with Crippen LogP contribution in [0.15, 0.2) is 22.6 Å². The largest absolute Gasteiger partial charge is 0.497 e. The van der Waals surface area contributed by atoms with Gasteiger partial charge in [0.25, 0.3) is 0 Å². The molecular weight excluding hydrogens is 345 g/mol. The third-order valence-electron chi connectivity index (χ3n) is 5.42. The average molecular weight is 375 g/mol. The lowest BCUT2D eigenvalue weighted by Crippen LogP contribution is -2.54. The van der Waals surface area contributed by atoms with Crippen LogP contribution >= 0.6 is 0 Å². The van der Waals surface area contributed by atoms with Crippen molar-refractivity contribution < 1.29 is 13.5 Å². The molecule has 0 spiro atoms. The fourth-order valence-corrected chi connectivity index (χ4v) is 3.82. The first-order chi connectivity index (χ1) is 12.9. The molecule has 5 nitrogen and oxygen atoms in total. The quantitative estimate of drug-likeness (QED) is 0.760. The number of nitrogens with zero attached hydrogens (tertiary/aromatic N) is 3. The van der Waals surface area contributed by atoms with E-state index < -0.39 is 0 Å². The van der Waals surface area contributed by atoms with Gasteiger partial charge >= 0.3 is 0 Å². The van der Waals surface area contributed by atoms with Gasteiger partial charge in [0.1, 0.15) is 17.3 Å². The summed E-state index contributed by atoms with van der Waals surface area (Å²) in [4.78, 5) is 9.59. The summed E-state index contributed by atoms with van der Waals surface area (Å²) in [5, 5.41) is 0. The minimum atomic E-state index is -0.361. The molecule has 1 aliphatic heterocycles. The van der Waals surface area contributed by atoms with E-state index in [0.29, 0.717) is 29.3 Å². The lowest BCUT2D eigenvalue weighted by molar-refractivity contribution is 0.0450. The molecule has 1 aromatic heterocycles. The van der Waals surface area contributed by atoms with Crippen LogP contribution < -0.4 is 4.74 Å². The smallest absolute Gasteiger partial charge is 0.229 e. The molecule has 27 heavy (non-hydrogen) atoms. The first kappa shape index (κ1) is 19.8. The summed E-state index contributed by atoms with van der Waals surface area (Å²) in [5.74, 6) is 1.28. The predicted molar refractivity (Wildman–Crippen MR) is 104 cm³/mol. The second kappa shape index (κ2) is 8.40. The first-order valence-electron chi connectivity index (χ1n) is 9.71. The number of benzene rings is 1. The third kappa shape index (κ3) is 4.33. The molecule has 1 fully saturated rings. The van der Waals surface area contributed by atoms with Crippen LogP contribution in [0, 0.1) is 12.7 Å². The third-order valence-corrected chi connectivity index (χ3v) is 5.42. The summed E-state index contributed by atoms with van der Waals surface area (Å²) in [7, 11) is 1.56. The minimum Gasteiger partial charge on any atom is -0.497 e. The number of halogens is 1. The highest BCUT2D eigenvalue weighted by Crippen LogP contribution is 2.29. The Bertz CT molecular complexity index is 775. The number of aromatic nitrogens is 1. The monoisotopic (exact) mass is 375 g/mol. The maximum Gasteiger partial charge on any atom is 0.229 e. The Morgan fingerprint density at radius 2 is 2.11 bits per heavy atom. The molecule has 0 bridgehead atoms. The van der Waals surface area contributed by atoms with E-state index in [9.17, 15) is 4.39 Å². The van der Waals surface area contributed by atoms with Crippen molar-refractivity contribution in [2.75, 3.05) is 26.7 Å². The van der Waals surface area contributed by atoms with Gasteiger partial charge in [0, 0.05) is 38.3 Å². The van der Waals surface area contributed by atoms with Gasteiger partial charge in [-0.3, -0.25) is 9.80 Å². The number of methoxy groups -OCH3 is 1. The maximum atomic E-state index is 14.2. The van der Waals surface area contributed by atoms with Gasteiger partial charge in [-0.2, -0.15) is 0 Å². The number of oxazole rings is 1. The molecule has 0 saturated carbocycles. The molecule has 0 radical (unpaired) electrons. The van der Waals surface area contributed by atoms with Crippen molar-refractivity contribution >= 4 is 0 Å². The van der Waals surface area contributed by atoms with Gasteiger partial charge in [-0.15, -0.1) is 0 Å². The van der Waals surface area contributed by atoms with Gasteiger partial charge < -0.3 is 9.15 Å². The Labute approximate surface area is 161 Å². The normalized spacial score (nSPS) is 19.0. The van der Waals surface area contributed by atoms with E-state index in [1.807, 2.05) is 6.92 Å². The molecule has 3 rings (SSSR count). The molecule has 1 saturated heterocycles. The Morgan fingerprint density at radius 3 is 2.78 bits per heavy atom. The molecule has 6 heteroatoms. The summed E-state index contributed by atoms with van der Waals surface area (Å²) in [6.07, 6.45) is 1.13. The molecule has 1 aliphatic rings. The lowest BCUT2D eigenvalue weighted by atomic mass is 10.1. The van der Waals surface area contributed by atoms with Crippen molar-refractivity contribution in [1.29, 1.82) is 0 Å². The second-order valence-corrected chi connectivity index (χ2v) is 7.50. The molecule has 0 aliphatic carbocycles. The Hall–Kier alpha value is -1.92. The average Bonchev–Trinajstić information content (AvgIpc) is 3.02. The van der Waals surface area contributed by atoms with Crippen molar-refractivity contribution in [2.45, 2.75) is 52.7 Å². The highest BCUT2D eigenvalue weighted by atomic mass is 19.1. The number of hydrogen-bond acceptors (Lipinski definition) is 5. The van der Waals surface area contributed by atoms with Gasteiger partial charge in [-0.05, 0) is 45.4 Å². The van der Waals surface area contributed by atoms with E-state index in [0.717, 1.165) is 44.1 Å². The second-order valence-electron chi connectivity index (χ2n) is 7.50. The van der Waals surface area contributed by atoms with Crippen molar-refractivity contribution in [1.82, 2.24) is 14.8 Å². The SMILES string of the molecule is CC[C@H]1CN(Cc2nc(-c3cc(OC)ccc3F)oc2C)CCN1C(C)C. The van der Waals surface area contributed by atoms with Crippen molar-refractivity contribution in [3.8, 4) is 17.2 Å². The molecule has 2 heterocycles. The summed E-state index contributed by atoms with van der Waals surface area (Å²) >= 11 is 0. The molecule has 0 amide bonds. The molecule has 2 aromatic rings. The van der Waals surface area contributed by atoms with Crippen molar-refractivity contribution in [2.24, 2.45) is 0 Å². The zero-order chi connectivity index (χ0) is 19.6. The van der Waals surface area contributed by atoms with E-state index in [4.69, 9.17) is 9.15 Å². The van der Waals surface area contributed by atoms with Gasteiger partial charge in [0.15, 0.2) is 0 Å². The van der Waals surface area contributed by atoms with Crippen LogP contribution in [0.1, 0.15) is 38.6 Å². The van der Waals surface area contributed by atoms with E-state index >= 15 is 0 Å². The number of aryl methyl sites for hydroxylation is 1. The fraction of sp³-hybridized carbons (Fsp3) is 0.571. The van der Waals surface area contributed by atoms with Crippen molar-refractivity contribution in [3.05, 3.63) is 35.5 Å². The Balaban J connectivity index is 1.76. The fourth-order valence-electron chi connectivity index (χ4n) is 3.82. The van der Waals surface area contributed by atoms with Crippen LogP contribution in [0.5, 0.6) is 5.75 Å². The molecule has 0 unspecified atom stereocenters. The molecule has 1 aromatic carbocycles. The molecule has 1 atom stereocenters. The standard InChI is InChI=1S/C21H30FN3O2/c1-6-16-12-24(9-10-25(16)14(2)3)13-20-15(4)27-21(23-20)18-11-17(26-5)7-8-19(18)22/h7-8,11,14,16H,6,9-10,12-13H2,1-5H3/t16-/m0/s1. The summed E-state index contributed by atoms with van der Waals surface area (Å²) in [6, 6.07) is 5.72. The van der Waals surface area contributed by atoms with E-state index in [1.165, 1.54) is 6.07 Å². The van der Waals surface area contributed by atoms with Crippen LogP contribution in [0.3, 0.4) is 0 Å². The number of hydrogen-bond donors (Lipinski definition) is 0. The topological polar surface area (TPSA) is 41.7 Å². The van der Waals surface area contributed by atoms with Crippen LogP contribution in [0.25, 0.3) is 11.5 Å². The van der Waals surface area contributed by atoms with Gasteiger partial charge in [0.05, 0.1) is 18.4 Å². The van der Waals surface area contributed by atoms with Crippen LogP contribution in [0.2, 0.25) is 0 Å². The first-order valence-corrected chi connectivity index (χ1v) is 9.71. The molecular formula is C21H30FN3O2. The number of piperazine rings is 1.